The summed E-state index contributed by atoms with van der Waals surface area (Å²) >= 11 is 0. The molecule has 0 saturated heterocycles. The third kappa shape index (κ3) is 3.82. The Bertz CT molecular complexity index is 349. The van der Waals surface area contributed by atoms with Gasteiger partial charge in [-0.2, -0.15) is 0 Å². The first kappa shape index (κ1) is 15.2. The van der Waals surface area contributed by atoms with Crippen LogP contribution in [0.5, 0.6) is 0 Å². The molecule has 0 bridgehead atoms. The molecule has 2 unspecified atom stereocenters. The van der Waals surface area contributed by atoms with Crippen LogP contribution in [0.1, 0.15) is 44.9 Å². The first-order valence-corrected chi connectivity index (χ1v) is 7.01. The highest BCUT2D eigenvalue weighted by molar-refractivity contribution is 5.27. The Morgan fingerprint density at radius 3 is 2.44 bits per heavy atom. The molecule has 0 saturated carbocycles. The molecule has 0 heterocycles. The maximum absolute atomic E-state index is 5.92. The quantitative estimate of drug-likeness (QED) is 0.797. The van der Waals surface area contributed by atoms with E-state index in [0.29, 0.717) is 5.92 Å². The van der Waals surface area contributed by atoms with Crippen LogP contribution in [0.15, 0.2) is 24.3 Å². The zero-order chi connectivity index (χ0) is 13.5. The van der Waals surface area contributed by atoms with Crippen molar-refractivity contribution in [3.63, 3.8) is 0 Å². The maximum Gasteiger partial charge on any atom is 0.0792 e. The van der Waals surface area contributed by atoms with Gasteiger partial charge in [-0.3, -0.25) is 0 Å². The topological polar surface area (TPSA) is 21.3 Å². The van der Waals surface area contributed by atoms with Crippen molar-refractivity contribution in [3.8, 4) is 0 Å². The third-order valence-corrected chi connectivity index (χ3v) is 3.37. The fourth-order valence-corrected chi connectivity index (χ4v) is 2.39. The molecule has 102 valence electrons. The molecule has 1 aromatic carbocycles. The van der Waals surface area contributed by atoms with Crippen molar-refractivity contribution < 1.29 is 4.74 Å². The maximum atomic E-state index is 5.92. The SMILES string of the molecule is CCOC(C(C)C)C(NC)c1cccc(CC)c1. The molecule has 2 heteroatoms. The number of aryl methyl sites for hydroxylation is 1. The summed E-state index contributed by atoms with van der Waals surface area (Å²) in [7, 11) is 2.01. The van der Waals surface area contributed by atoms with Crippen molar-refractivity contribution >= 4 is 0 Å². The fourth-order valence-electron chi connectivity index (χ4n) is 2.39. The lowest BCUT2D eigenvalue weighted by molar-refractivity contribution is 0.00459. The Kier molecular flexibility index (Phi) is 6.37. The monoisotopic (exact) mass is 249 g/mol. The lowest BCUT2D eigenvalue weighted by Gasteiger charge is -2.30. The predicted octanol–water partition coefficient (Wildman–Crippen LogP) is 3.57. The van der Waals surface area contributed by atoms with Gasteiger partial charge in [0.25, 0.3) is 0 Å². The lowest BCUT2D eigenvalue weighted by atomic mass is 9.92. The van der Waals surface area contributed by atoms with Crippen molar-refractivity contribution in [2.45, 2.75) is 46.3 Å². The summed E-state index contributed by atoms with van der Waals surface area (Å²) in [4.78, 5) is 0. The Morgan fingerprint density at radius 1 is 1.22 bits per heavy atom. The normalized spacial score (nSPS) is 14.8. The van der Waals surface area contributed by atoms with E-state index in [1.54, 1.807) is 0 Å². The van der Waals surface area contributed by atoms with E-state index in [0.717, 1.165) is 13.0 Å². The summed E-state index contributed by atoms with van der Waals surface area (Å²) in [5.41, 5.74) is 2.70. The molecular weight excluding hydrogens is 222 g/mol. The highest BCUT2D eigenvalue weighted by Gasteiger charge is 2.25. The Balaban J connectivity index is 2.98. The minimum atomic E-state index is 0.215. The van der Waals surface area contributed by atoms with Crippen molar-refractivity contribution in [2.75, 3.05) is 13.7 Å². The average molecular weight is 249 g/mol. The van der Waals surface area contributed by atoms with Gasteiger partial charge in [0.05, 0.1) is 12.1 Å². The van der Waals surface area contributed by atoms with Crippen molar-refractivity contribution in [1.29, 1.82) is 0 Å². The Hall–Kier alpha value is -0.860. The summed E-state index contributed by atoms with van der Waals surface area (Å²) in [6.07, 6.45) is 1.29. The van der Waals surface area contributed by atoms with Gasteiger partial charge in [0.2, 0.25) is 0 Å². The van der Waals surface area contributed by atoms with E-state index < -0.39 is 0 Å². The van der Waals surface area contributed by atoms with Gasteiger partial charge in [-0.15, -0.1) is 0 Å². The van der Waals surface area contributed by atoms with Crippen LogP contribution in [0.4, 0.5) is 0 Å². The van der Waals surface area contributed by atoms with Crippen molar-refractivity contribution in [1.82, 2.24) is 5.32 Å². The van der Waals surface area contributed by atoms with Gasteiger partial charge in [-0.25, -0.2) is 0 Å². The van der Waals surface area contributed by atoms with Crippen LogP contribution >= 0.6 is 0 Å². The van der Waals surface area contributed by atoms with Crippen LogP contribution in [0, 0.1) is 5.92 Å². The summed E-state index contributed by atoms with van der Waals surface area (Å²) < 4.78 is 5.92. The molecule has 1 aromatic rings. The largest absolute Gasteiger partial charge is 0.376 e. The first-order chi connectivity index (χ1) is 8.63. The zero-order valence-corrected chi connectivity index (χ0v) is 12.4. The molecule has 0 aromatic heterocycles. The number of benzene rings is 1. The summed E-state index contributed by atoms with van der Waals surface area (Å²) in [6.45, 7) is 9.44. The number of likely N-dealkylation sites (N-methyl/N-ethyl adjacent to an activating group) is 1. The summed E-state index contributed by atoms with van der Waals surface area (Å²) in [5.74, 6) is 0.493. The smallest absolute Gasteiger partial charge is 0.0792 e. The van der Waals surface area contributed by atoms with E-state index in [1.165, 1.54) is 11.1 Å². The average Bonchev–Trinajstić information content (AvgIpc) is 2.38. The second-order valence-electron chi connectivity index (χ2n) is 5.03. The minimum absolute atomic E-state index is 0.215. The second-order valence-corrected chi connectivity index (χ2v) is 5.03. The molecule has 0 spiro atoms. The van der Waals surface area contributed by atoms with Gasteiger partial charge in [0.15, 0.2) is 0 Å². The van der Waals surface area contributed by atoms with E-state index in [2.05, 4.69) is 57.3 Å². The van der Waals surface area contributed by atoms with Crippen LogP contribution in [0.25, 0.3) is 0 Å². The minimum Gasteiger partial charge on any atom is -0.376 e. The van der Waals surface area contributed by atoms with Gasteiger partial charge in [0.1, 0.15) is 0 Å². The van der Waals surface area contributed by atoms with E-state index in [1.807, 2.05) is 7.05 Å². The third-order valence-electron chi connectivity index (χ3n) is 3.37. The first-order valence-electron chi connectivity index (χ1n) is 7.01. The second kappa shape index (κ2) is 7.55. The van der Waals surface area contributed by atoms with Gasteiger partial charge < -0.3 is 10.1 Å². The molecule has 1 rings (SSSR count). The van der Waals surface area contributed by atoms with Crippen LogP contribution < -0.4 is 5.32 Å². The molecular formula is C16H27NO. The molecule has 0 amide bonds. The van der Waals surface area contributed by atoms with Crippen molar-refractivity contribution in [3.05, 3.63) is 35.4 Å². The highest BCUT2D eigenvalue weighted by atomic mass is 16.5. The molecule has 18 heavy (non-hydrogen) atoms. The standard InChI is InChI=1S/C16H27NO/c1-6-13-9-8-10-14(11-13)15(17-5)16(12(3)4)18-7-2/h8-12,15-17H,6-7H2,1-5H3. The number of nitrogens with one attached hydrogen (secondary N) is 1. The molecule has 2 nitrogen and oxygen atoms in total. The predicted molar refractivity (Wildman–Crippen MR) is 77.9 cm³/mol. The molecule has 0 aliphatic carbocycles. The van der Waals surface area contributed by atoms with Gasteiger partial charge in [-0.1, -0.05) is 45.0 Å². The fraction of sp³-hybridized carbons (Fsp3) is 0.625. The van der Waals surface area contributed by atoms with E-state index in [9.17, 15) is 0 Å². The molecule has 0 aliphatic heterocycles. The van der Waals surface area contributed by atoms with Crippen LogP contribution in [-0.2, 0) is 11.2 Å². The Morgan fingerprint density at radius 2 is 1.94 bits per heavy atom. The van der Waals surface area contributed by atoms with E-state index in [-0.39, 0.29) is 12.1 Å². The van der Waals surface area contributed by atoms with Crippen LogP contribution in [-0.4, -0.2) is 19.8 Å². The van der Waals surface area contributed by atoms with Crippen molar-refractivity contribution in [2.24, 2.45) is 5.92 Å². The number of ether oxygens (including phenoxy) is 1. The van der Waals surface area contributed by atoms with E-state index >= 15 is 0 Å². The van der Waals surface area contributed by atoms with E-state index in [4.69, 9.17) is 4.74 Å². The summed E-state index contributed by atoms with van der Waals surface area (Å²) in [5, 5.41) is 3.41. The number of hydrogen-bond acceptors (Lipinski definition) is 2. The highest BCUT2D eigenvalue weighted by Crippen LogP contribution is 2.25. The molecule has 0 aliphatic rings. The molecule has 0 radical (unpaired) electrons. The molecule has 0 fully saturated rings. The Labute approximate surface area is 112 Å². The van der Waals surface area contributed by atoms with Gasteiger partial charge in [0, 0.05) is 6.61 Å². The van der Waals surface area contributed by atoms with Gasteiger partial charge in [-0.05, 0) is 37.4 Å². The zero-order valence-electron chi connectivity index (χ0n) is 12.4. The number of rotatable bonds is 7. The van der Waals surface area contributed by atoms with Crippen LogP contribution in [0.2, 0.25) is 0 Å². The van der Waals surface area contributed by atoms with Gasteiger partial charge >= 0.3 is 0 Å². The number of hydrogen-bond donors (Lipinski definition) is 1. The van der Waals surface area contributed by atoms with Crippen LogP contribution in [0.3, 0.4) is 0 Å². The molecule has 2 atom stereocenters. The summed E-state index contributed by atoms with van der Waals surface area (Å²) in [6, 6.07) is 9.06. The lowest BCUT2D eigenvalue weighted by Crippen LogP contribution is -2.35. The molecule has 1 N–H and O–H groups in total.